The maximum atomic E-state index is 5.68. The smallest absolute Gasteiger partial charge is 0.0316 e. The topological polar surface area (TPSA) is 38.0 Å². The summed E-state index contributed by atoms with van der Waals surface area (Å²) < 4.78 is 0. The van der Waals surface area contributed by atoms with Crippen LogP contribution in [-0.4, -0.2) is 6.04 Å². The van der Waals surface area contributed by atoms with Gasteiger partial charge in [-0.3, -0.25) is 0 Å². The number of nitrogen functional groups attached to an aromatic ring is 1. The summed E-state index contributed by atoms with van der Waals surface area (Å²) in [7, 11) is 0. The molecule has 1 aliphatic carbocycles. The standard InChI is InChI=1S/C11H16N2/c1-8-6-10(12)3-2-9(8)7-13-11-4-5-11/h2-3,6,11,13H,4-5,7,12H2,1H3. The van der Waals surface area contributed by atoms with Crippen LogP contribution in [0, 0.1) is 6.92 Å². The quantitative estimate of drug-likeness (QED) is 0.689. The molecule has 1 aliphatic rings. The zero-order valence-electron chi connectivity index (χ0n) is 8.01. The Bertz CT molecular complexity index is 303. The Morgan fingerprint density at radius 1 is 1.46 bits per heavy atom. The lowest BCUT2D eigenvalue weighted by atomic mass is 10.1. The number of hydrogen-bond acceptors (Lipinski definition) is 2. The van der Waals surface area contributed by atoms with Gasteiger partial charge in [0.2, 0.25) is 0 Å². The van der Waals surface area contributed by atoms with Crippen LogP contribution in [0.2, 0.25) is 0 Å². The Kier molecular flexibility index (Phi) is 2.23. The highest BCUT2D eigenvalue weighted by atomic mass is 14.9. The van der Waals surface area contributed by atoms with Crippen LogP contribution in [0.15, 0.2) is 18.2 Å². The molecule has 0 amide bonds. The Labute approximate surface area is 79.1 Å². The van der Waals surface area contributed by atoms with Gasteiger partial charge in [-0.1, -0.05) is 6.07 Å². The Balaban J connectivity index is 2.01. The van der Waals surface area contributed by atoms with Crippen LogP contribution in [0.25, 0.3) is 0 Å². The van der Waals surface area contributed by atoms with Crippen molar-refractivity contribution < 1.29 is 0 Å². The lowest BCUT2D eigenvalue weighted by Crippen LogP contribution is -2.16. The van der Waals surface area contributed by atoms with E-state index < -0.39 is 0 Å². The largest absolute Gasteiger partial charge is 0.399 e. The number of hydrogen-bond donors (Lipinski definition) is 2. The molecule has 1 aromatic carbocycles. The predicted molar refractivity (Wildman–Crippen MR) is 55.5 cm³/mol. The summed E-state index contributed by atoms with van der Waals surface area (Å²) in [5.41, 5.74) is 9.18. The number of rotatable bonds is 3. The average molecular weight is 176 g/mol. The summed E-state index contributed by atoms with van der Waals surface area (Å²) in [5.74, 6) is 0. The zero-order valence-corrected chi connectivity index (χ0v) is 8.01. The van der Waals surface area contributed by atoms with Crippen LogP contribution in [0.3, 0.4) is 0 Å². The van der Waals surface area contributed by atoms with Gasteiger partial charge in [0.05, 0.1) is 0 Å². The van der Waals surface area contributed by atoms with Crippen molar-refractivity contribution in [1.29, 1.82) is 0 Å². The van der Waals surface area contributed by atoms with Crippen LogP contribution in [0.4, 0.5) is 5.69 Å². The monoisotopic (exact) mass is 176 g/mol. The van der Waals surface area contributed by atoms with E-state index in [-0.39, 0.29) is 0 Å². The van der Waals surface area contributed by atoms with E-state index in [2.05, 4.69) is 18.3 Å². The average Bonchev–Trinajstić information content (AvgIpc) is 2.86. The molecule has 0 unspecified atom stereocenters. The second kappa shape index (κ2) is 3.38. The minimum absolute atomic E-state index is 0.775. The van der Waals surface area contributed by atoms with E-state index in [9.17, 15) is 0 Å². The van der Waals surface area contributed by atoms with Crippen molar-refractivity contribution in [3.63, 3.8) is 0 Å². The molecule has 3 N–H and O–H groups in total. The molecule has 13 heavy (non-hydrogen) atoms. The number of aryl methyl sites for hydroxylation is 1. The molecule has 1 aromatic rings. The highest BCUT2D eigenvalue weighted by Gasteiger charge is 2.20. The van der Waals surface area contributed by atoms with E-state index in [0.717, 1.165) is 18.3 Å². The van der Waals surface area contributed by atoms with Gasteiger partial charge in [-0.05, 0) is 43.0 Å². The first-order chi connectivity index (χ1) is 6.25. The fourth-order valence-corrected chi connectivity index (χ4v) is 1.46. The number of anilines is 1. The second-order valence-electron chi connectivity index (χ2n) is 3.84. The first-order valence-corrected chi connectivity index (χ1v) is 4.84. The van der Waals surface area contributed by atoms with E-state index in [1.165, 1.54) is 24.0 Å². The molecular formula is C11H16N2. The molecule has 2 heteroatoms. The SMILES string of the molecule is Cc1cc(N)ccc1CNC1CC1. The van der Waals surface area contributed by atoms with E-state index >= 15 is 0 Å². The third-order valence-corrected chi connectivity index (χ3v) is 2.53. The van der Waals surface area contributed by atoms with Gasteiger partial charge in [0.15, 0.2) is 0 Å². The molecular weight excluding hydrogens is 160 g/mol. The summed E-state index contributed by atoms with van der Waals surface area (Å²) in [6, 6.07) is 6.89. The van der Waals surface area contributed by atoms with E-state index in [4.69, 9.17) is 5.73 Å². The Morgan fingerprint density at radius 2 is 2.23 bits per heavy atom. The minimum Gasteiger partial charge on any atom is -0.399 e. The lowest BCUT2D eigenvalue weighted by Gasteiger charge is -2.07. The molecule has 0 saturated heterocycles. The molecule has 70 valence electrons. The zero-order chi connectivity index (χ0) is 9.26. The van der Waals surface area contributed by atoms with Crippen LogP contribution in [0.5, 0.6) is 0 Å². The first kappa shape index (κ1) is 8.57. The summed E-state index contributed by atoms with van der Waals surface area (Å²) in [5, 5.41) is 3.49. The van der Waals surface area contributed by atoms with Crippen LogP contribution >= 0.6 is 0 Å². The summed E-state index contributed by atoms with van der Waals surface area (Å²) in [6.07, 6.45) is 2.68. The molecule has 0 spiro atoms. The molecule has 1 saturated carbocycles. The van der Waals surface area contributed by atoms with Gasteiger partial charge in [-0.25, -0.2) is 0 Å². The maximum absolute atomic E-state index is 5.68. The fourth-order valence-electron chi connectivity index (χ4n) is 1.46. The van der Waals surface area contributed by atoms with Crippen LogP contribution < -0.4 is 11.1 Å². The molecule has 1 fully saturated rings. The molecule has 2 nitrogen and oxygen atoms in total. The van der Waals surface area contributed by atoms with Gasteiger partial charge in [0.1, 0.15) is 0 Å². The normalized spacial score (nSPS) is 16.1. The highest BCUT2D eigenvalue weighted by molar-refractivity contribution is 5.44. The van der Waals surface area contributed by atoms with Gasteiger partial charge in [0, 0.05) is 18.3 Å². The van der Waals surface area contributed by atoms with E-state index in [1.807, 2.05) is 12.1 Å². The summed E-state index contributed by atoms with van der Waals surface area (Å²) in [4.78, 5) is 0. The summed E-state index contributed by atoms with van der Waals surface area (Å²) in [6.45, 7) is 3.09. The van der Waals surface area contributed by atoms with Crippen molar-refractivity contribution in [3.8, 4) is 0 Å². The second-order valence-corrected chi connectivity index (χ2v) is 3.84. The van der Waals surface area contributed by atoms with Crippen molar-refractivity contribution in [2.45, 2.75) is 32.4 Å². The van der Waals surface area contributed by atoms with Gasteiger partial charge in [-0.2, -0.15) is 0 Å². The van der Waals surface area contributed by atoms with Crippen LogP contribution in [-0.2, 0) is 6.54 Å². The van der Waals surface area contributed by atoms with Crippen molar-refractivity contribution >= 4 is 5.69 Å². The molecule has 0 bridgehead atoms. The molecule has 0 atom stereocenters. The molecule has 2 rings (SSSR count). The molecule has 0 aromatic heterocycles. The van der Waals surface area contributed by atoms with Gasteiger partial charge in [-0.15, -0.1) is 0 Å². The molecule has 0 radical (unpaired) electrons. The lowest BCUT2D eigenvalue weighted by molar-refractivity contribution is 0.685. The van der Waals surface area contributed by atoms with Gasteiger partial charge in [0.25, 0.3) is 0 Å². The highest BCUT2D eigenvalue weighted by Crippen LogP contribution is 2.20. The number of nitrogens with two attached hydrogens (primary N) is 1. The third-order valence-electron chi connectivity index (χ3n) is 2.53. The first-order valence-electron chi connectivity index (χ1n) is 4.84. The molecule has 0 heterocycles. The van der Waals surface area contributed by atoms with Crippen LogP contribution in [0.1, 0.15) is 24.0 Å². The maximum Gasteiger partial charge on any atom is 0.0316 e. The van der Waals surface area contributed by atoms with Crippen molar-refractivity contribution in [3.05, 3.63) is 29.3 Å². The van der Waals surface area contributed by atoms with Crippen molar-refractivity contribution in [1.82, 2.24) is 5.32 Å². The third kappa shape index (κ3) is 2.22. The van der Waals surface area contributed by atoms with Crippen molar-refractivity contribution in [2.24, 2.45) is 0 Å². The van der Waals surface area contributed by atoms with Gasteiger partial charge < -0.3 is 11.1 Å². The Morgan fingerprint density at radius 3 is 2.85 bits per heavy atom. The van der Waals surface area contributed by atoms with Gasteiger partial charge >= 0.3 is 0 Å². The molecule has 0 aliphatic heterocycles. The van der Waals surface area contributed by atoms with E-state index in [1.54, 1.807) is 0 Å². The number of nitrogens with one attached hydrogen (secondary N) is 1. The predicted octanol–water partition coefficient (Wildman–Crippen LogP) is 1.83. The number of benzene rings is 1. The fraction of sp³-hybridized carbons (Fsp3) is 0.455. The summed E-state index contributed by atoms with van der Waals surface area (Å²) >= 11 is 0. The van der Waals surface area contributed by atoms with E-state index in [0.29, 0.717) is 0 Å². The Hall–Kier alpha value is -1.02. The van der Waals surface area contributed by atoms with Crippen molar-refractivity contribution in [2.75, 3.05) is 5.73 Å². The minimum atomic E-state index is 0.775.